The van der Waals surface area contributed by atoms with E-state index < -0.39 is 0 Å². The van der Waals surface area contributed by atoms with Crippen molar-refractivity contribution in [2.75, 3.05) is 0 Å². The molecular weight excluding hydrogens is 687 g/mol. The SMILES string of the molecule is Fc1cccc(-c2c3ccccc3c(-c3cccc(F)c3)c3c(-c4ccc(-c5ccccc5)cc4)c4ccccc4c(-c4ccc(-c5ccccc5)cc4)c23)c1. The van der Waals surface area contributed by atoms with Crippen LogP contribution >= 0.6 is 0 Å². The van der Waals surface area contributed by atoms with Crippen molar-refractivity contribution in [1.82, 2.24) is 0 Å². The van der Waals surface area contributed by atoms with Crippen molar-refractivity contribution in [2.24, 2.45) is 0 Å². The molecule has 0 aliphatic carbocycles. The molecule has 0 atom stereocenters. The largest absolute Gasteiger partial charge is 0.207 e. The summed E-state index contributed by atoms with van der Waals surface area (Å²) in [5.41, 5.74) is 12.1. The highest BCUT2D eigenvalue weighted by Gasteiger charge is 2.26. The Morgan fingerprint density at radius 3 is 0.821 bits per heavy atom. The quantitative estimate of drug-likeness (QED) is 0.150. The van der Waals surface area contributed by atoms with Crippen molar-refractivity contribution in [3.05, 3.63) is 218 Å². The molecule has 0 N–H and O–H groups in total. The summed E-state index contributed by atoms with van der Waals surface area (Å²) in [6.45, 7) is 0. The zero-order valence-corrected chi connectivity index (χ0v) is 30.4. The maximum Gasteiger partial charge on any atom is 0.123 e. The minimum Gasteiger partial charge on any atom is -0.207 e. The summed E-state index contributed by atoms with van der Waals surface area (Å²) >= 11 is 0. The highest BCUT2D eigenvalue weighted by Crippen LogP contribution is 2.53. The van der Waals surface area contributed by atoms with E-state index in [0.29, 0.717) is 0 Å². The summed E-state index contributed by atoms with van der Waals surface area (Å²) in [5.74, 6) is -0.611. The topological polar surface area (TPSA) is 0 Å². The van der Waals surface area contributed by atoms with Crippen molar-refractivity contribution in [2.45, 2.75) is 0 Å². The van der Waals surface area contributed by atoms with Crippen LogP contribution in [0, 0.1) is 11.6 Å². The third-order valence-electron chi connectivity index (χ3n) is 11.0. The predicted octanol–water partition coefficient (Wildman–Crippen LogP) is 15.4. The molecule has 0 fully saturated rings. The van der Waals surface area contributed by atoms with Crippen LogP contribution in [-0.2, 0) is 0 Å². The lowest BCUT2D eigenvalue weighted by Crippen LogP contribution is -1.98. The molecule has 10 rings (SSSR count). The van der Waals surface area contributed by atoms with Crippen LogP contribution < -0.4 is 0 Å². The Balaban J connectivity index is 1.42. The monoisotopic (exact) mass is 720 g/mol. The Bertz CT molecular complexity index is 2850. The second-order valence-electron chi connectivity index (χ2n) is 14.2. The first-order valence-corrected chi connectivity index (χ1v) is 18.9. The summed E-state index contributed by atoms with van der Waals surface area (Å²) in [6.07, 6.45) is 0. The van der Waals surface area contributed by atoms with Gasteiger partial charge in [-0.15, -0.1) is 0 Å². The predicted molar refractivity (Wildman–Crippen MR) is 231 cm³/mol. The maximum atomic E-state index is 15.4. The fourth-order valence-electron chi connectivity index (χ4n) is 8.53. The lowest BCUT2D eigenvalue weighted by Gasteiger charge is -2.25. The third kappa shape index (κ3) is 5.75. The van der Waals surface area contributed by atoms with E-state index in [1.54, 1.807) is 24.3 Å². The minimum absolute atomic E-state index is 0.305. The summed E-state index contributed by atoms with van der Waals surface area (Å²) in [4.78, 5) is 0. The van der Waals surface area contributed by atoms with Crippen molar-refractivity contribution in [3.63, 3.8) is 0 Å². The van der Waals surface area contributed by atoms with Crippen LogP contribution in [0.1, 0.15) is 0 Å². The molecule has 0 spiro atoms. The van der Waals surface area contributed by atoms with Crippen LogP contribution in [0.3, 0.4) is 0 Å². The van der Waals surface area contributed by atoms with Gasteiger partial charge in [0.2, 0.25) is 0 Å². The highest BCUT2D eigenvalue weighted by molar-refractivity contribution is 6.33. The van der Waals surface area contributed by atoms with Gasteiger partial charge in [0.05, 0.1) is 0 Å². The van der Waals surface area contributed by atoms with Gasteiger partial charge in [-0.3, -0.25) is 0 Å². The first kappa shape index (κ1) is 33.4. The third-order valence-corrected chi connectivity index (χ3v) is 11.0. The van der Waals surface area contributed by atoms with E-state index in [1.165, 1.54) is 12.1 Å². The Labute approximate surface area is 324 Å². The molecule has 0 bridgehead atoms. The summed E-state index contributed by atoms with van der Waals surface area (Å²) in [5, 5.41) is 6.06. The Hall–Kier alpha value is -7.16. The first-order valence-electron chi connectivity index (χ1n) is 18.9. The van der Waals surface area contributed by atoms with Crippen LogP contribution in [0.5, 0.6) is 0 Å². The van der Waals surface area contributed by atoms with Crippen molar-refractivity contribution >= 4 is 32.3 Å². The molecule has 0 aliphatic rings. The molecule has 0 nitrogen and oxygen atoms in total. The summed E-state index contributed by atoms with van der Waals surface area (Å²) in [6, 6.07) is 69.0. The van der Waals surface area contributed by atoms with E-state index in [9.17, 15) is 0 Å². The van der Waals surface area contributed by atoms with Gasteiger partial charge in [0, 0.05) is 0 Å². The van der Waals surface area contributed by atoms with E-state index in [0.717, 1.165) is 99.1 Å². The van der Waals surface area contributed by atoms with Crippen LogP contribution in [0.2, 0.25) is 0 Å². The molecule has 0 aliphatic heterocycles. The van der Waals surface area contributed by atoms with Gasteiger partial charge in [0.25, 0.3) is 0 Å². The van der Waals surface area contributed by atoms with Gasteiger partial charge in [-0.1, -0.05) is 182 Å². The molecule has 10 aromatic carbocycles. The fourth-order valence-corrected chi connectivity index (χ4v) is 8.53. The Morgan fingerprint density at radius 2 is 0.482 bits per heavy atom. The van der Waals surface area contributed by atoms with Crippen molar-refractivity contribution in [3.8, 4) is 66.8 Å². The van der Waals surface area contributed by atoms with Gasteiger partial charge in [0.15, 0.2) is 0 Å². The molecule has 0 amide bonds. The molecule has 0 unspecified atom stereocenters. The molecule has 10 aromatic rings. The second kappa shape index (κ2) is 13.9. The summed E-state index contributed by atoms with van der Waals surface area (Å²) < 4.78 is 30.8. The van der Waals surface area contributed by atoms with E-state index in [2.05, 4.69) is 133 Å². The normalized spacial score (nSPS) is 11.4. The van der Waals surface area contributed by atoms with Crippen molar-refractivity contribution in [1.29, 1.82) is 0 Å². The number of rotatable bonds is 6. The van der Waals surface area contributed by atoms with E-state index in [1.807, 2.05) is 36.4 Å². The number of halogens is 2. The molecule has 56 heavy (non-hydrogen) atoms. The molecule has 0 radical (unpaired) electrons. The van der Waals surface area contributed by atoms with Gasteiger partial charge >= 0.3 is 0 Å². The van der Waals surface area contributed by atoms with E-state index in [4.69, 9.17) is 0 Å². The first-order chi connectivity index (χ1) is 27.6. The van der Waals surface area contributed by atoms with Crippen LogP contribution in [0.15, 0.2) is 206 Å². The molecule has 264 valence electrons. The maximum absolute atomic E-state index is 15.4. The summed E-state index contributed by atoms with van der Waals surface area (Å²) in [7, 11) is 0. The fraction of sp³-hybridized carbons (Fsp3) is 0. The Morgan fingerprint density at radius 1 is 0.214 bits per heavy atom. The van der Waals surface area contributed by atoms with Gasteiger partial charge in [-0.2, -0.15) is 0 Å². The van der Waals surface area contributed by atoms with Crippen molar-refractivity contribution < 1.29 is 8.78 Å². The van der Waals surface area contributed by atoms with Crippen LogP contribution in [-0.4, -0.2) is 0 Å². The average Bonchev–Trinajstić information content (AvgIpc) is 3.25. The molecular formula is C54H34F2. The van der Waals surface area contributed by atoms with Gasteiger partial charge < -0.3 is 0 Å². The van der Waals surface area contributed by atoms with Crippen LogP contribution in [0.4, 0.5) is 8.78 Å². The lowest BCUT2D eigenvalue weighted by molar-refractivity contribution is 0.628. The average molecular weight is 721 g/mol. The zero-order chi connectivity index (χ0) is 37.6. The molecule has 0 heterocycles. The molecule has 0 saturated carbocycles. The van der Waals surface area contributed by atoms with Gasteiger partial charge in [-0.25, -0.2) is 8.78 Å². The number of benzene rings is 10. The molecule has 2 heteroatoms. The highest BCUT2D eigenvalue weighted by atomic mass is 19.1. The molecule has 0 saturated heterocycles. The second-order valence-corrected chi connectivity index (χ2v) is 14.2. The van der Waals surface area contributed by atoms with Crippen LogP contribution in [0.25, 0.3) is 99.1 Å². The number of hydrogen-bond acceptors (Lipinski definition) is 0. The molecule has 0 aromatic heterocycles. The lowest BCUT2D eigenvalue weighted by atomic mass is 9.77. The number of hydrogen-bond donors (Lipinski definition) is 0. The van der Waals surface area contributed by atoms with Gasteiger partial charge in [-0.05, 0) is 123 Å². The zero-order valence-electron chi connectivity index (χ0n) is 30.4. The van der Waals surface area contributed by atoms with E-state index >= 15 is 8.78 Å². The standard InChI is InChI=1S/C54H34F2/c55-43-19-11-17-41(33-43)51-47-23-9-10-24-48(47)52(42-18-12-20-44(56)34-42)54-50(40-31-27-38(28-32-40)36-15-5-2-6-16-36)46-22-8-7-21-45(46)49(53(51)54)39-29-25-37(26-30-39)35-13-3-1-4-14-35/h1-34H. The Kier molecular flexibility index (Phi) is 8.30. The smallest absolute Gasteiger partial charge is 0.123 e. The van der Waals surface area contributed by atoms with E-state index in [-0.39, 0.29) is 11.6 Å². The minimum atomic E-state index is -0.305. The van der Waals surface area contributed by atoms with Gasteiger partial charge in [0.1, 0.15) is 11.6 Å². The number of fused-ring (bicyclic) bond motifs is 3.